The average molecular weight is 540 g/mol. The Bertz CT molecular complexity index is 781. The van der Waals surface area contributed by atoms with Crippen LogP contribution in [0.2, 0.25) is 0 Å². The standard InChI is InChI=1S/C20H33FN4O2S.HI/c1-15(2)19(25-9-5-6-10-25)13-24-20(22-3)23-12-17-11-18(21)8-7-16(17)14-28(4,26)27;/h7-8,11,15,19H,5-6,9-10,12-14H2,1-4H3,(H2,22,23,24);1H. The predicted molar refractivity (Wildman–Crippen MR) is 128 cm³/mol. The highest BCUT2D eigenvalue weighted by molar-refractivity contribution is 14.0. The topological polar surface area (TPSA) is 73.8 Å². The summed E-state index contributed by atoms with van der Waals surface area (Å²) in [7, 11) is -1.51. The van der Waals surface area contributed by atoms with Gasteiger partial charge in [-0.25, -0.2) is 12.8 Å². The van der Waals surface area contributed by atoms with Crippen molar-refractivity contribution in [3.63, 3.8) is 0 Å². The molecule has 166 valence electrons. The Hall–Kier alpha value is -0.940. The lowest BCUT2D eigenvalue weighted by molar-refractivity contribution is 0.192. The fraction of sp³-hybridized carbons (Fsp3) is 0.650. The maximum absolute atomic E-state index is 13.7. The molecule has 0 aliphatic carbocycles. The Labute approximate surface area is 191 Å². The summed E-state index contributed by atoms with van der Waals surface area (Å²) in [6.45, 7) is 7.80. The van der Waals surface area contributed by atoms with Gasteiger partial charge in [-0.3, -0.25) is 9.89 Å². The smallest absolute Gasteiger partial charge is 0.191 e. The van der Waals surface area contributed by atoms with E-state index >= 15 is 0 Å². The summed E-state index contributed by atoms with van der Waals surface area (Å²) in [4.78, 5) is 6.77. The molecule has 1 heterocycles. The normalized spacial score (nSPS) is 16.6. The van der Waals surface area contributed by atoms with Crippen molar-refractivity contribution in [1.82, 2.24) is 15.5 Å². The number of rotatable bonds is 8. The van der Waals surface area contributed by atoms with E-state index in [9.17, 15) is 12.8 Å². The second-order valence-corrected chi connectivity index (χ2v) is 9.98. The third kappa shape index (κ3) is 8.75. The second kappa shape index (κ2) is 12.0. The van der Waals surface area contributed by atoms with Gasteiger partial charge in [0.15, 0.2) is 15.8 Å². The van der Waals surface area contributed by atoms with Gasteiger partial charge in [0.25, 0.3) is 0 Å². The van der Waals surface area contributed by atoms with Crippen LogP contribution in [0.15, 0.2) is 23.2 Å². The Morgan fingerprint density at radius 2 is 1.86 bits per heavy atom. The molecule has 2 N–H and O–H groups in total. The highest BCUT2D eigenvalue weighted by Crippen LogP contribution is 2.17. The first-order valence-corrected chi connectivity index (χ1v) is 11.9. The quantitative estimate of drug-likeness (QED) is 0.302. The number of nitrogens with zero attached hydrogens (tertiary/aromatic N) is 2. The minimum absolute atomic E-state index is 0. The van der Waals surface area contributed by atoms with E-state index in [0.717, 1.165) is 19.6 Å². The molecule has 0 saturated carbocycles. The molecular formula is C20H34FIN4O2S. The molecule has 1 atom stereocenters. The van der Waals surface area contributed by atoms with Gasteiger partial charge in [-0.2, -0.15) is 0 Å². The van der Waals surface area contributed by atoms with Crippen LogP contribution in [-0.4, -0.2) is 58.3 Å². The number of benzene rings is 1. The number of likely N-dealkylation sites (tertiary alicyclic amines) is 1. The summed E-state index contributed by atoms with van der Waals surface area (Å²) in [6.07, 6.45) is 3.68. The van der Waals surface area contributed by atoms with Crippen molar-refractivity contribution in [1.29, 1.82) is 0 Å². The van der Waals surface area contributed by atoms with E-state index in [1.165, 1.54) is 37.3 Å². The van der Waals surface area contributed by atoms with Crippen molar-refractivity contribution in [3.05, 3.63) is 35.1 Å². The van der Waals surface area contributed by atoms with Crippen LogP contribution < -0.4 is 10.6 Å². The highest BCUT2D eigenvalue weighted by atomic mass is 127. The van der Waals surface area contributed by atoms with E-state index in [1.54, 1.807) is 7.05 Å². The SMILES string of the molecule is CN=C(NCc1cc(F)ccc1CS(C)(=O)=O)NCC(C(C)C)N1CCCC1.I. The summed E-state index contributed by atoms with van der Waals surface area (Å²) in [5.41, 5.74) is 1.22. The van der Waals surface area contributed by atoms with Crippen LogP contribution in [0.4, 0.5) is 4.39 Å². The zero-order chi connectivity index (χ0) is 20.7. The monoisotopic (exact) mass is 540 g/mol. The molecule has 0 radical (unpaired) electrons. The summed E-state index contributed by atoms with van der Waals surface area (Å²) >= 11 is 0. The maximum Gasteiger partial charge on any atom is 0.191 e. The van der Waals surface area contributed by atoms with Crippen LogP contribution in [0.25, 0.3) is 0 Å². The van der Waals surface area contributed by atoms with Crippen molar-refractivity contribution in [3.8, 4) is 0 Å². The van der Waals surface area contributed by atoms with E-state index in [0.29, 0.717) is 35.6 Å². The fourth-order valence-electron chi connectivity index (χ4n) is 3.64. The van der Waals surface area contributed by atoms with Crippen LogP contribution in [0.5, 0.6) is 0 Å². The predicted octanol–water partition coefficient (Wildman–Crippen LogP) is 2.77. The van der Waals surface area contributed by atoms with E-state index in [4.69, 9.17) is 0 Å². The molecule has 1 aromatic rings. The second-order valence-electron chi connectivity index (χ2n) is 7.84. The Balaban J connectivity index is 0.00000420. The van der Waals surface area contributed by atoms with Gasteiger partial charge in [0.1, 0.15) is 5.82 Å². The van der Waals surface area contributed by atoms with E-state index in [2.05, 4.69) is 34.4 Å². The molecule has 1 aromatic carbocycles. The molecule has 1 saturated heterocycles. The number of hydrogen-bond acceptors (Lipinski definition) is 4. The van der Waals surface area contributed by atoms with Gasteiger partial charge in [0.05, 0.1) is 5.75 Å². The molecule has 1 aliphatic heterocycles. The molecule has 2 rings (SSSR count). The van der Waals surface area contributed by atoms with Gasteiger partial charge >= 0.3 is 0 Å². The van der Waals surface area contributed by atoms with Crippen LogP contribution in [0.3, 0.4) is 0 Å². The maximum atomic E-state index is 13.7. The highest BCUT2D eigenvalue weighted by Gasteiger charge is 2.24. The molecule has 9 heteroatoms. The number of hydrogen-bond donors (Lipinski definition) is 2. The molecule has 0 spiro atoms. The van der Waals surface area contributed by atoms with Gasteiger partial charge in [-0.15, -0.1) is 24.0 Å². The van der Waals surface area contributed by atoms with Crippen molar-refractivity contribution in [2.24, 2.45) is 10.9 Å². The van der Waals surface area contributed by atoms with Crippen LogP contribution in [-0.2, 0) is 22.1 Å². The molecule has 29 heavy (non-hydrogen) atoms. The summed E-state index contributed by atoms with van der Waals surface area (Å²) in [5, 5.41) is 6.55. The van der Waals surface area contributed by atoms with Crippen LogP contribution in [0.1, 0.15) is 37.8 Å². The Morgan fingerprint density at radius 3 is 2.41 bits per heavy atom. The Morgan fingerprint density at radius 1 is 1.21 bits per heavy atom. The number of halogens is 2. The lowest BCUT2D eigenvalue weighted by atomic mass is 10.0. The first kappa shape index (κ1) is 26.1. The van der Waals surface area contributed by atoms with Gasteiger partial charge in [-0.05, 0) is 55.1 Å². The van der Waals surface area contributed by atoms with Gasteiger partial charge in [0, 0.05) is 32.4 Å². The van der Waals surface area contributed by atoms with Crippen molar-refractivity contribution < 1.29 is 12.8 Å². The van der Waals surface area contributed by atoms with Crippen molar-refractivity contribution in [2.45, 2.75) is 45.0 Å². The molecule has 1 fully saturated rings. The lowest BCUT2D eigenvalue weighted by Gasteiger charge is -2.31. The van der Waals surface area contributed by atoms with Crippen molar-refractivity contribution in [2.75, 3.05) is 32.9 Å². The number of aliphatic imine (C=N–C) groups is 1. The molecule has 1 aliphatic rings. The molecule has 0 bridgehead atoms. The third-order valence-corrected chi connectivity index (χ3v) is 5.95. The average Bonchev–Trinajstić information content (AvgIpc) is 3.12. The summed E-state index contributed by atoms with van der Waals surface area (Å²) < 4.78 is 37.0. The van der Waals surface area contributed by atoms with Gasteiger partial charge < -0.3 is 10.6 Å². The largest absolute Gasteiger partial charge is 0.355 e. The minimum atomic E-state index is -3.20. The number of sulfone groups is 1. The molecule has 6 nitrogen and oxygen atoms in total. The van der Waals surface area contributed by atoms with E-state index < -0.39 is 9.84 Å². The fourth-order valence-corrected chi connectivity index (χ4v) is 4.49. The van der Waals surface area contributed by atoms with E-state index in [1.807, 2.05) is 0 Å². The zero-order valence-corrected chi connectivity index (χ0v) is 20.9. The molecular weight excluding hydrogens is 506 g/mol. The van der Waals surface area contributed by atoms with Gasteiger partial charge in [-0.1, -0.05) is 19.9 Å². The summed E-state index contributed by atoms with van der Waals surface area (Å²) in [5.74, 6) is 0.652. The first-order chi connectivity index (χ1) is 13.2. The van der Waals surface area contributed by atoms with Crippen LogP contribution in [0, 0.1) is 11.7 Å². The number of nitrogens with one attached hydrogen (secondary N) is 2. The van der Waals surface area contributed by atoms with Crippen LogP contribution >= 0.6 is 24.0 Å². The first-order valence-electron chi connectivity index (χ1n) is 9.83. The van der Waals surface area contributed by atoms with E-state index in [-0.39, 0.29) is 35.5 Å². The third-order valence-electron chi connectivity index (χ3n) is 5.11. The van der Waals surface area contributed by atoms with Gasteiger partial charge in [0.2, 0.25) is 0 Å². The van der Waals surface area contributed by atoms with Crippen molar-refractivity contribution >= 4 is 39.8 Å². The zero-order valence-electron chi connectivity index (χ0n) is 17.7. The molecule has 0 aromatic heterocycles. The molecule has 1 unspecified atom stereocenters. The Kier molecular flexibility index (Phi) is 10.8. The number of guanidine groups is 1. The lowest BCUT2D eigenvalue weighted by Crippen LogP contribution is -2.48. The minimum Gasteiger partial charge on any atom is -0.355 e. The molecule has 0 amide bonds. The summed E-state index contributed by atoms with van der Waals surface area (Å²) in [6, 6.07) is 4.63.